The van der Waals surface area contributed by atoms with Gasteiger partial charge in [0.25, 0.3) is 0 Å². The van der Waals surface area contributed by atoms with Crippen LogP contribution in [0.1, 0.15) is 27.1 Å². The summed E-state index contributed by atoms with van der Waals surface area (Å²) < 4.78 is 0. The number of hydrogen-bond acceptors (Lipinski definition) is 4. The normalized spacial score (nSPS) is 6.13. The van der Waals surface area contributed by atoms with Crippen LogP contribution in [-0.2, 0) is 14.4 Å². The summed E-state index contributed by atoms with van der Waals surface area (Å²) in [7, 11) is 0. The Balaban J connectivity index is -0.00000000379. The first-order chi connectivity index (χ1) is 5.78. The van der Waals surface area contributed by atoms with Crippen LogP contribution in [0.5, 0.6) is 0 Å². The maximum atomic E-state index is 10.3. The third kappa shape index (κ3) is 41.2. The molecule has 0 radical (unpaired) electrons. The number of hydrogen-bond donors (Lipinski definition) is 4. The third-order valence-electron chi connectivity index (χ3n) is 1.29. The predicted octanol–water partition coefficient (Wildman–Crippen LogP) is -30.1. The number of aliphatic hydroxyl groups is 1. The van der Waals surface area contributed by atoms with Crippen LogP contribution in [-0.4, -0.2) is 43.9 Å². The van der Waals surface area contributed by atoms with Gasteiger partial charge in [-0.1, -0.05) is 0 Å². The van der Waals surface area contributed by atoms with Gasteiger partial charge in [-0.25, -0.2) is 4.79 Å². The summed E-state index contributed by atoms with van der Waals surface area (Å²) in [6.45, 7) is 0. The van der Waals surface area contributed by atoms with E-state index in [-0.39, 0.29) is 310 Å². The molecule has 0 aliphatic heterocycles. The van der Waals surface area contributed by atoms with Crippen LogP contribution in [0.25, 0.3) is 0 Å². The maximum absolute atomic E-state index is 10.3. The fourth-order valence-electron chi connectivity index (χ4n) is 0.714. The van der Waals surface area contributed by atoms with E-state index in [0.717, 1.165) is 0 Å². The van der Waals surface area contributed by atoms with E-state index >= 15 is 0 Å². The monoisotopic (exact) mass is 432 g/mol. The molecule has 0 unspecified atom stereocenters. The van der Waals surface area contributed by atoms with Gasteiger partial charge in [-0.3, -0.25) is 9.59 Å². The van der Waals surface area contributed by atoms with Gasteiger partial charge in [0, 0.05) is 0 Å². The average Bonchev–Trinajstić information content (AvgIpc) is 1.82. The fourth-order valence-corrected chi connectivity index (χ4v) is 0.714. The van der Waals surface area contributed by atoms with Gasteiger partial charge >= 0.3 is 313 Å². The molecule has 0 aromatic rings. The fraction of sp³-hybridized carbons (Fsp3) is 0.500. The first-order valence-corrected chi connectivity index (χ1v) is 3.17. The summed E-state index contributed by atoms with van der Waals surface area (Å²) in [6.07, 6.45) is -2.29. The van der Waals surface area contributed by atoms with Gasteiger partial charge in [0.2, 0.25) is 0 Å². The molecule has 0 saturated heterocycles. The molecule has 0 aliphatic carbocycles. The quantitative estimate of drug-likeness (QED) is 0.318. The van der Waals surface area contributed by atoms with Gasteiger partial charge in [0.05, 0.1) is 12.8 Å². The molecule has 23 heavy (non-hydrogen) atoms. The van der Waals surface area contributed by atoms with E-state index in [4.69, 9.17) is 20.4 Å². The van der Waals surface area contributed by atoms with Crippen LogP contribution in [0.15, 0.2) is 0 Å². The number of aliphatic carboxylic acids is 3. The van der Waals surface area contributed by atoms with E-state index in [0.29, 0.717) is 0 Å². The van der Waals surface area contributed by atoms with Gasteiger partial charge in [-0.05, 0) is 0 Å². The third-order valence-corrected chi connectivity index (χ3v) is 1.29. The summed E-state index contributed by atoms with van der Waals surface area (Å²) in [5.74, 6) is -5.02. The van der Waals surface area contributed by atoms with Gasteiger partial charge in [0.1, 0.15) is 0 Å². The summed E-state index contributed by atoms with van der Waals surface area (Å²) in [5.41, 5.74) is -2.74. The van der Waals surface area contributed by atoms with Crippen molar-refractivity contribution in [3.8, 4) is 0 Å². The maximum Gasteiger partial charge on any atom is 1.00 e. The number of carboxylic acids is 3. The van der Waals surface area contributed by atoms with Crippen molar-refractivity contribution in [2.45, 2.75) is 18.4 Å². The zero-order chi connectivity index (χ0) is 10.6. The van der Waals surface area contributed by atoms with Crippen molar-refractivity contribution in [1.29, 1.82) is 0 Å². The molecule has 0 fully saturated rings. The van der Waals surface area contributed by atoms with Crippen LogP contribution < -0.4 is 296 Å². The minimum Gasteiger partial charge on any atom is -1.00 e. The molecule has 0 atom stereocenters. The Morgan fingerprint density at radius 1 is 0.609 bits per heavy atom. The molecule has 0 rings (SSSR count). The molecule has 94 valence electrons. The van der Waals surface area contributed by atoms with Crippen molar-refractivity contribution < 1.29 is 345 Å². The van der Waals surface area contributed by atoms with Crippen LogP contribution >= 0.6 is 0 Å². The van der Waals surface area contributed by atoms with Crippen molar-refractivity contribution in [2.75, 3.05) is 0 Å². The first-order valence-electron chi connectivity index (χ1n) is 3.17. The number of carbonyl (C=O) groups is 3. The van der Waals surface area contributed by atoms with Crippen molar-refractivity contribution >= 4 is 17.9 Å². The topological polar surface area (TPSA) is 132 Å². The minimum atomic E-state index is -2.74. The second-order valence-corrected chi connectivity index (χ2v) is 2.48. The van der Waals surface area contributed by atoms with Gasteiger partial charge < -0.3 is 34.7 Å². The molecule has 0 saturated carbocycles. The molecular formula is C6H18Na10O7. The van der Waals surface area contributed by atoms with Crippen molar-refractivity contribution in [3.05, 3.63) is 0 Å². The molecule has 4 N–H and O–H groups in total. The van der Waals surface area contributed by atoms with Crippen LogP contribution in [0, 0.1) is 0 Å². The van der Waals surface area contributed by atoms with Crippen molar-refractivity contribution in [1.82, 2.24) is 0 Å². The molecule has 0 aromatic heterocycles. The number of carboxylic acid groups (broad SMARTS) is 3. The smallest absolute Gasteiger partial charge is 1.00 e. The Labute approximate surface area is 371 Å². The summed E-state index contributed by atoms with van der Waals surface area (Å²) in [4.78, 5) is 30.5. The van der Waals surface area contributed by atoms with Crippen molar-refractivity contribution in [3.63, 3.8) is 0 Å². The molecule has 0 spiro atoms. The minimum absolute atomic E-state index is 0. The zero-order valence-corrected chi connectivity index (χ0v) is 36.4. The van der Waals surface area contributed by atoms with Crippen LogP contribution in [0.2, 0.25) is 0 Å². The van der Waals surface area contributed by atoms with E-state index in [2.05, 4.69) is 0 Å². The second-order valence-electron chi connectivity index (χ2n) is 2.48. The Bertz CT molecular complexity index is 279. The summed E-state index contributed by atoms with van der Waals surface area (Å²) in [5, 5.41) is 33.8. The molecule has 0 bridgehead atoms. The van der Waals surface area contributed by atoms with Gasteiger partial charge in [-0.2, -0.15) is 0 Å². The van der Waals surface area contributed by atoms with E-state index in [1.54, 1.807) is 0 Å². The average molecular weight is 432 g/mol. The van der Waals surface area contributed by atoms with Crippen LogP contribution in [0.4, 0.5) is 0 Å². The molecule has 7 nitrogen and oxygen atoms in total. The summed E-state index contributed by atoms with van der Waals surface area (Å²) in [6, 6.07) is 0. The molecule has 17 heteroatoms. The molecule has 0 aromatic carbocycles. The Morgan fingerprint density at radius 3 is 0.870 bits per heavy atom. The molecule has 0 amide bonds. The van der Waals surface area contributed by atoms with Gasteiger partial charge in [-0.15, -0.1) is 0 Å². The zero-order valence-electron chi connectivity index (χ0n) is 26.4. The van der Waals surface area contributed by atoms with E-state index in [1.807, 2.05) is 0 Å². The SMILES string of the molecule is O=C(O)CC(O)(CC(=O)O)C(=O)O.[H-].[H-].[H-].[H-].[H-].[H-].[H-].[H-].[H-].[H-].[Na+].[Na+].[Na+].[Na+].[Na+].[Na+].[Na+].[Na+].[Na+].[Na+]. The molecular weight excluding hydrogens is 414 g/mol. The van der Waals surface area contributed by atoms with E-state index in [9.17, 15) is 14.4 Å². The largest absolute Gasteiger partial charge is 1.00 e. The Morgan fingerprint density at radius 2 is 0.783 bits per heavy atom. The number of rotatable bonds is 5. The molecule has 0 aliphatic rings. The second kappa shape index (κ2) is 40.7. The molecule has 0 heterocycles. The Kier molecular flexibility index (Phi) is 123. The first kappa shape index (κ1) is 69.7. The predicted molar refractivity (Wildman–Crippen MR) is 48.2 cm³/mol. The summed E-state index contributed by atoms with van der Waals surface area (Å²) >= 11 is 0. The van der Waals surface area contributed by atoms with E-state index < -0.39 is 36.4 Å². The van der Waals surface area contributed by atoms with Crippen molar-refractivity contribution in [2.24, 2.45) is 0 Å². The standard InChI is InChI=1S/C6H8O7.10Na.10H/c7-3(8)1-6(13,5(11)12)2-4(9)10;;;;;;;;;;;;;;;;;;;;/h13H,1-2H2,(H,7,8)(H,9,10)(H,11,12);;;;;;;;;;;;;;;;;;;;/q;10*+1;10*-1. The van der Waals surface area contributed by atoms with Gasteiger partial charge in [0.15, 0.2) is 5.60 Å². The van der Waals surface area contributed by atoms with Crippen LogP contribution in [0.3, 0.4) is 0 Å². The van der Waals surface area contributed by atoms with E-state index in [1.165, 1.54) is 0 Å². The Hall–Kier alpha value is 8.37.